The summed E-state index contributed by atoms with van der Waals surface area (Å²) in [5.41, 5.74) is -0.0936. The van der Waals surface area contributed by atoms with E-state index in [2.05, 4.69) is 25.6 Å². The Balaban J connectivity index is 1.65. The molecule has 2 saturated heterocycles. The Hall–Kier alpha value is -2.75. The predicted molar refractivity (Wildman–Crippen MR) is 97.7 cm³/mol. The van der Waals surface area contributed by atoms with Crippen LogP contribution in [-0.4, -0.2) is 40.6 Å². The summed E-state index contributed by atoms with van der Waals surface area (Å²) < 4.78 is 44.4. The third-order valence-electron chi connectivity index (χ3n) is 5.07. The summed E-state index contributed by atoms with van der Waals surface area (Å²) in [5, 5.41) is 5.66. The SMILES string of the molecule is O=C1CC(c2cc(Nc3cc(C(F)(F)F)ccn3)nc(C3CCOC3)n2)CCN1. The first-order chi connectivity index (χ1) is 13.9. The zero-order valence-corrected chi connectivity index (χ0v) is 15.5. The van der Waals surface area contributed by atoms with Crippen LogP contribution in [-0.2, 0) is 15.7 Å². The second-order valence-electron chi connectivity index (χ2n) is 7.19. The molecule has 0 saturated carbocycles. The topological polar surface area (TPSA) is 89.0 Å². The first-order valence-corrected chi connectivity index (χ1v) is 9.42. The van der Waals surface area contributed by atoms with E-state index in [-0.39, 0.29) is 23.6 Å². The molecule has 4 rings (SSSR count). The van der Waals surface area contributed by atoms with Crippen LogP contribution < -0.4 is 10.6 Å². The molecular weight excluding hydrogens is 387 g/mol. The van der Waals surface area contributed by atoms with E-state index in [1.54, 1.807) is 6.07 Å². The second-order valence-corrected chi connectivity index (χ2v) is 7.19. The van der Waals surface area contributed by atoms with Gasteiger partial charge in [0.2, 0.25) is 5.91 Å². The highest BCUT2D eigenvalue weighted by Gasteiger charge is 2.31. The van der Waals surface area contributed by atoms with Crippen molar-refractivity contribution in [3.05, 3.63) is 41.5 Å². The molecule has 4 heterocycles. The number of amides is 1. The smallest absolute Gasteiger partial charge is 0.381 e. The minimum absolute atomic E-state index is 0.0161. The van der Waals surface area contributed by atoms with Crippen molar-refractivity contribution in [3.63, 3.8) is 0 Å². The van der Waals surface area contributed by atoms with Gasteiger partial charge in [0, 0.05) is 49.4 Å². The molecule has 2 atom stereocenters. The van der Waals surface area contributed by atoms with Gasteiger partial charge >= 0.3 is 6.18 Å². The molecule has 7 nitrogen and oxygen atoms in total. The average Bonchev–Trinajstić information content (AvgIpc) is 3.22. The van der Waals surface area contributed by atoms with Gasteiger partial charge in [-0.1, -0.05) is 0 Å². The largest absolute Gasteiger partial charge is 0.416 e. The molecule has 2 aliphatic heterocycles. The molecule has 154 valence electrons. The molecule has 0 bridgehead atoms. The number of carbonyl (C=O) groups excluding carboxylic acids is 1. The molecule has 0 aromatic carbocycles. The lowest BCUT2D eigenvalue weighted by Crippen LogP contribution is -2.33. The molecule has 10 heteroatoms. The van der Waals surface area contributed by atoms with Crippen molar-refractivity contribution >= 4 is 17.5 Å². The standard InChI is InChI=1S/C19H20F3N5O2/c20-19(21,22)13-2-5-23-15(8-13)26-16-9-14(11-1-4-24-17(28)7-11)25-18(27-16)12-3-6-29-10-12/h2,5,8-9,11-12H,1,3-4,6-7,10H2,(H,24,28)(H,23,25,26,27). The number of ether oxygens (including phenoxy) is 1. The van der Waals surface area contributed by atoms with Gasteiger partial charge in [-0.05, 0) is 25.0 Å². The summed E-state index contributed by atoms with van der Waals surface area (Å²) in [5.74, 6) is 0.875. The van der Waals surface area contributed by atoms with Gasteiger partial charge in [-0.25, -0.2) is 15.0 Å². The molecule has 1 amide bonds. The van der Waals surface area contributed by atoms with Gasteiger partial charge in [-0.15, -0.1) is 0 Å². The Kier molecular flexibility index (Phi) is 5.35. The van der Waals surface area contributed by atoms with Crippen LogP contribution in [0.25, 0.3) is 0 Å². The molecule has 0 aliphatic carbocycles. The van der Waals surface area contributed by atoms with Gasteiger partial charge in [0.15, 0.2) is 0 Å². The van der Waals surface area contributed by atoms with Crippen LogP contribution in [0.4, 0.5) is 24.8 Å². The lowest BCUT2D eigenvalue weighted by molar-refractivity contribution is -0.137. The van der Waals surface area contributed by atoms with Crippen molar-refractivity contribution in [1.29, 1.82) is 0 Å². The molecule has 2 unspecified atom stereocenters. The Bertz CT molecular complexity index is 900. The number of pyridine rings is 1. The van der Waals surface area contributed by atoms with E-state index in [1.807, 2.05) is 0 Å². The molecule has 2 aromatic rings. The first-order valence-electron chi connectivity index (χ1n) is 9.42. The van der Waals surface area contributed by atoms with Crippen LogP contribution in [0.5, 0.6) is 0 Å². The molecule has 0 spiro atoms. The molecule has 2 aliphatic rings. The zero-order chi connectivity index (χ0) is 20.4. The van der Waals surface area contributed by atoms with Crippen molar-refractivity contribution in [2.45, 2.75) is 37.3 Å². The number of piperidine rings is 1. The van der Waals surface area contributed by atoms with Gasteiger partial charge in [-0.2, -0.15) is 13.2 Å². The maximum Gasteiger partial charge on any atom is 0.416 e. The average molecular weight is 407 g/mol. The number of rotatable bonds is 4. The predicted octanol–water partition coefficient (Wildman–Crippen LogP) is 3.13. The number of halogens is 3. The summed E-state index contributed by atoms with van der Waals surface area (Å²) in [6.45, 7) is 1.67. The number of anilines is 2. The van der Waals surface area contributed by atoms with E-state index < -0.39 is 11.7 Å². The second kappa shape index (κ2) is 7.94. The summed E-state index contributed by atoms with van der Waals surface area (Å²) in [6.07, 6.45) is -1.53. The summed E-state index contributed by atoms with van der Waals surface area (Å²) in [6, 6.07) is 3.54. The van der Waals surface area contributed by atoms with E-state index in [4.69, 9.17) is 4.74 Å². The highest BCUT2D eigenvalue weighted by Crippen LogP contribution is 2.32. The molecule has 2 N–H and O–H groups in total. The Labute approximate surface area is 165 Å². The molecule has 2 aromatic heterocycles. The fourth-order valence-electron chi connectivity index (χ4n) is 3.52. The van der Waals surface area contributed by atoms with Crippen LogP contribution >= 0.6 is 0 Å². The van der Waals surface area contributed by atoms with E-state index >= 15 is 0 Å². The first kappa shape index (κ1) is 19.6. The minimum atomic E-state index is -4.46. The van der Waals surface area contributed by atoms with Crippen molar-refractivity contribution in [3.8, 4) is 0 Å². The normalized spacial score (nSPS) is 22.4. The summed E-state index contributed by atoms with van der Waals surface area (Å²) in [4.78, 5) is 24.9. The van der Waals surface area contributed by atoms with Gasteiger partial charge in [0.05, 0.1) is 12.2 Å². The number of hydrogen-bond acceptors (Lipinski definition) is 6. The summed E-state index contributed by atoms with van der Waals surface area (Å²) >= 11 is 0. The number of alkyl halides is 3. The molecule has 29 heavy (non-hydrogen) atoms. The number of nitrogens with zero attached hydrogens (tertiary/aromatic N) is 3. The quantitative estimate of drug-likeness (QED) is 0.810. The van der Waals surface area contributed by atoms with Crippen LogP contribution in [0, 0.1) is 0 Å². The van der Waals surface area contributed by atoms with Gasteiger partial charge in [0.1, 0.15) is 17.5 Å². The molecular formula is C19H20F3N5O2. The maximum absolute atomic E-state index is 13.0. The van der Waals surface area contributed by atoms with Crippen LogP contribution in [0.1, 0.15) is 48.2 Å². The monoisotopic (exact) mass is 407 g/mol. The van der Waals surface area contributed by atoms with Gasteiger partial charge in [0.25, 0.3) is 0 Å². The lowest BCUT2D eigenvalue weighted by atomic mass is 9.93. The van der Waals surface area contributed by atoms with Crippen LogP contribution in [0.3, 0.4) is 0 Å². The maximum atomic E-state index is 13.0. The van der Waals surface area contributed by atoms with Crippen molar-refractivity contribution in [2.24, 2.45) is 0 Å². The van der Waals surface area contributed by atoms with E-state index in [0.29, 0.717) is 43.5 Å². The van der Waals surface area contributed by atoms with Crippen molar-refractivity contribution in [2.75, 3.05) is 25.1 Å². The molecule has 2 fully saturated rings. The minimum Gasteiger partial charge on any atom is -0.381 e. The van der Waals surface area contributed by atoms with Gasteiger partial charge in [-0.3, -0.25) is 4.79 Å². The third kappa shape index (κ3) is 4.64. The van der Waals surface area contributed by atoms with E-state index in [1.165, 1.54) is 0 Å². The number of nitrogens with one attached hydrogen (secondary N) is 2. The lowest BCUT2D eigenvalue weighted by Gasteiger charge is -2.23. The highest BCUT2D eigenvalue weighted by molar-refractivity contribution is 5.77. The van der Waals surface area contributed by atoms with Crippen molar-refractivity contribution in [1.82, 2.24) is 20.3 Å². The van der Waals surface area contributed by atoms with E-state index in [0.717, 1.165) is 31.2 Å². The Morgan fingerprint density at radius 2 is 2.00 bits per heavy atom. The van der Waals surface area contributed by atoms with E-state index in [9.17, 15) is 18.0 Å². The fourth-order valence-corrected chi connectivity index (χ4v) is 3.52. The van der Waals surface area contributed by atoms with Crippen LogP contribution in [0.15, 0.2) is 24.4 Å². The fraction of sp³-hybridized carbons (Fsp3) is 0.474. The van der Waals surface area contributed by atoms with Gasteiger partial charge < -0.3 is 15.4 Å². The third-order valence-corrected chi connectivity index (χ3v) is 5.07. The molecule has 0 radical (unpaired) electrons. The van der Waals surface area contributed by atoms with Crippen molar-refractivity contribution < 1.29 is 22.7 Å². The van der Waals surface area contributed by atoms with Crippen LogP contribution in [0.2, 0.25) is 0 Å². The Morgan fingerprint density at radius 3 is 2.72 bits per heavy atom. The highest BCUT2D eigenvalue weighted by atomic mass is 19.4. The summed E-state index contributed by atoms with van der Waals surface area (Å²) in [7, 11) is 0. The number of hydrogen-bond donors (Lipinski definition) is 2. The number of aromatic nitrogens is 3. The number of carbonyl (C=O) groups is 1. The Morgan fingerprint density at radius 1 is 1.14 bits per heavy atom. The zero-order valence-electron chi connectivity index (χ0n) is 15.5.